The van der Waals surface area contributed by atoms with Crippen molar-refractivity contribution < 1.29 is 89.4 Å². The van der Waals surface area contributed by atoms with Crippen LogP contribution < -0.4 is 5.32 Å². The molecule has 0 radical (unpaired) electrons. The van der Waals surface area contributed by atoms with Gasteiger partial charge in [0.25, 0.3) is 0 Å². The standard InChI is InChI=1S/C73H131NO18/c1-3-5-7-9-11-13-15-17-19-21-23-25-27-28-29-31-33-35-37-39-41-43-45-47-49-51-61(79)74-56(57(78)50-48-46-44-42-40-38-36-34-32-30-26-24-22-20-18-16-14-12-10-8-6-4-2)55-87-71-67(85)64(82)69(59(53-76)89-71)92-73-68(86)65(83)70(60(54-77)90-73)91-72-66(84)63(81)62(80)58(52-75)88-72/h15,17,21,23,32,34,40,42,48,50,56-60,62-73,75-78,80-86H,3-14,16,18-20,22,24-31,33,35-39,41,43-47,49,51-55H2,1-2H3,(H,74,79)/b17-15-,23-21-,34-32+,42-40+,50-48+. The van der Waals surface area contributed by atoms with Gasteiger partial charge in [-0.15, -0.1) is 0 Å². The summed E-state index contributed by atoms with van der Waals surface area (Å²) in [5.41, 5.74) is 0. The lowest BCUT2D eigenvalue weighted by Crippen LogP contribution is -2.66. The molecule has 1 amide bonds. The highest BCUT2D eigenvalue weighted by Gasteiger charge is 2.53. The van der Waals surface area contributed by atoms with E-state index >= 15 is 0 Å². The second kappa shape index (κ2) is 54.5. The maximum atomic E-state index is 13.4. The van der Waals surface area contributed by atoms with Gasteiger partial charge in [0.05, 0.1) is 38.6 Å². The summed E-state index contributed by atoms with van der Waals surface area (Å²) in [6, 6.07) is -1.000. The van der Waals surface area contributed by atoms with Crippen LogP contribution in [0.4, 0.5) is 0 Å². The molecule has 0 aromatic carbocycles. The average Bonchev–Trinajstić information content (AvgIpc) is 0.837. The van der Waals surface area contributed by atoms with E-state index in [1.807, 2.05) is 6.08 Å². The highest BCUT2D eigenvalue weighted by atomic mass is 16.8. The van der Waals surface area contributed by atoms with Crippen LogP contribution in [0.15, 0.2) is 60.8 Å². The topological polar surface area (TPSA) is 307 Å². The van der Waals surface area contributed by atoms with Gasteiger partial charge < -0.3 is 89.9 Å². The van der Waals surface area contributed by atoms with E-state index in [4.69, 9.17) is 28.4 Å². The Labute approximate surface area is 554 Å². The fourth-order valence-electron chi connectivity index (χ4n) is 12.1. The molecule has 536 valence electrons. The van der Waals surface area contributed by atoms with Crippen molar-refractivity contribution in [2.45, 2.75) is 369 Å². The fraction of sp³-hybridized carbons (Fsp3) is 0.849. The van der Waals surface area contributed by atoms with Crippen molar-refractivity contribution in [3.8, 4) is 0 Å². The molecule has 0 spiro atoms. The van der Waals surface area contributed by atoms with Crippen molar-refractivity contribution in [2.24, 2.45) is 0 Å². The van der Waals surface area contributed by atoms with Gasteiger partial charge in [-0.25, -0.2) is 0 Å². The molecular formula is C73H131NO18. The number of unbranched alkanes of at least 4 members (excludes halogenated alkanes) is 32. The van der Waals surface area contributed by atoms with Crippen molar-refractivity contribution in [3.05, 3.63) is 60.8 Å². The first-order valence-corrected chi connectivity index (χ1v) is 36.5. The molecule has 3 rings (SSSR count). The van der Waals surface area contributed by atoms with Crippen LogP contribution in [-0.4, -0.2) is 193 Å². The van der Waals surface area contributed by atoms with Gasteiger partial charge in [-0.05, 0) is 77.0 Å². The first-order valence-electron chi connectivity index (χ1n) is 36.5. The van der Waals surface area contributed by atoms with Crippen LogP contribution >= 0.6 is 0 Å². The largest absolute Gasteiger partial charge is 0.394 e. The van der Waals surface area contributed by atoms with Crippen molar-refractivity contribution in [3.63, 3.8) is 0 Å². The lowest BCUT2D eigenvalue weighted by atomic mass is 9.96. The van der Waals surface area contributed by atoms with Crippen LogP contribution in [-0.2, 0) is 33.2 Å². The molecule has 3 heterocycles. The molecule has 3 aliphatic heterocycles. The Balaban J connectivity index is 1.44. The second-order valence-electron chi connectivity index (χ2n) is 26.0. The predicted octanol–water partition coefficient (Wildman–Crippen LogP) is 10.3. The van der Waals surface area contributed by atoms with Crippen molar-refractivity contribution in [2.75, 3.05) is 26.4 Å². The van der Waals surface area contributed by atoms with Crippen LogP contribution in [0.25, 0.3) is 0 Å². The second-order valence-corrected chi connectivity index (χ2v) is 26.0. The van der Waals surface area contributed by atoms with Crippen molar-refractivity contribution >= 4 is 5.91 Å². The lowest BCUT2D eigenvalue weighted by Gasteiger charge is -2.48. The van der Waals surface area contributed by atoms with Gasteiger partial charge in [0, 0.05) is 6.42 Å². The summed E-state index contributed by atoms with van der Waals surface area (Å²) in [5.74, 6) is -0.290. The normalized spacial score (nSPS) is 28.0. The summed E-state index contributed by atoms with van der Waals surface area (Å²) < 4.78 is 34.4. The number of aliphatic hydroxyl groups excluding tert-OH is 11. The molecule has 92 heavy (non-hydrogen) atoms. The number of nitrogens with one attached hydrogen (secondary N) is 1. The third-order valence-electron chi connectivity index (χ3n) is 18.0. The number of carbonyl (C=O) groups is 1. The van der Waals surface area contributed by atoms with Gasteiger partial charge in [-0.1, -0.05) is 242 Å². The Morgan fingerprint density at radius 1 is 0.391 bits per heavy atom. The Kier molecular flexibility index (Phi) is 49.6. The quantitative estimate of drug-likeness (QED) is 0.0199. The minimum absolute atomic E-state index is 0.230. The summed E-state index contributed by atoms with van der Waals surface area (Å²) in [6.45, 7) is 1.71. The molecule has 3 fully saturated rings. The predicted molar refractivity (Wildman–Crippen MR) is 360 cm³/mol. The summed E-state index contributed by atoms with van der Waals surface area (Å²) in [7, 11) is 0. The Morgan fingerprint density at radius 3 is 1.15 bits per heavy atom. The Morgan fingerprint density at radius 2 is 0.728 bits per heavy atom. The number of aliphatic hydroxyl groups is 11. The number of rotatable bonds is 56. The zero-order valence-corrected chi connectivity index (χ0v) is 56.8. The number of hydrogen-bond donors (Lipinski definition) is 12. The van der Waals surface area contributed by atoms with Crippen molar-refractivity contribution in [1.29, 1.82) is 0 Å². The van der Waals surface area contributed by atoms with Crippen LogP contribution in [0.5, 0.6) is 0 Å². The number of allylic oxidation sites excluding steroid dienone is 9. The number of carbonyl (C=O) groups excluding carboxylic acids is 1. The van der Waals surface area contributed by atoms with Crippen LogP contribution in [0.3, 0.4) is 0 Å². The van der Waals surface area contributed by atoms with Gasteiger partial charge >= 0.3 is 0 Å². The minimum atomic E-state index is -1.98. The van der Waals surface area contributed by atoms with Crippen LogP contribution in [0, 0.1) is 0 Å². The lowest BCUT2D eigenvalue weighted by molar-refractivity contribution is -0.379. The minimum Gasteiger partial charge on any atom is -0.394 e. The van der Waals surface area contributed by atoms with Crippen molar-refractivity contribution in [1.82, 2.24) is 5.32 Å². The molecule has 17 atom stereocenters. The molecule has 3 saturated heterocycles. The van der Waals surface area contributed by atoms with Gasteiger partial charge in [-0.3, -0.25) is 4.79 Å². The summed E-state index contributed by atoms with van der Waals surface area (Å²) >= 11 is 0. The zero-order chi connectivity index (χ0) is 66.8. The maximum Gasteiger partial charge on any atom is 0.220 e. The monoisotopic (exact) mass is 1310 g/mol. The van der Waals surface area contributed by atoms with E-state index < -0.39 is 124 Å². The summed E-state index contributed by atoms with van der Waals surface area (Å²) in [4.78, 5) is 13.4. The highest BCUT2D eigenvalue weighted by molar-refractivity contribution is 5.76. The van der Waals surface area contributed by atoms with E-state index in [1.165, 1.54) is 180 Å². The molecule has 0 bridgehead atoms. The van der Waals surface area contributed by atoms with Gasteiger partial charge in [0.2, 0.25) is 5.91 Å². The maximum absolute atomic E-state index is 13.4. The van der Waals surface area contributed by atoms with Crippen LogP contribution in [0.2, 0.25) is 0 Å². The average molecular weight is 1310 g/mol. The number of hydrogen-bond acceptors (Lipinski definition) is 18. The SMILES string of the molecule is CCCCCCC/C=C\C/C=C\CCCCCCCCCCCCCCCC(=O)NC(COC1OC(CO)C(OC2OC(CO)C(OC3OC(CO)C(O)C(O)C3O)C(O)C2O)C(O)C1O)C(O)/C=C/CC/C=C/CC/C=C/CCCCCCCCCCCCCC. The molecule has 19 nitrogen and oxygen atoms in total. The Hall–Kier alpha value is -2.51. The van der Waals surface area contributed by atoms with Gasteiger partial charge in [0.15, 0.2) is 18.9 Å². The van der Waals surface area contributed by atoms with E-state index in [-0.39, 0.29) is 18.9 Å². The molecule has 0 saturated carbocycles. The highest BCUT2D eigenvalue weighted by Crippen LogP contribution is 2.33. The van der Waals surface area contributed by atoms with E-state index in [0.29, 0.717) is 12.8 Å². The molecule has 3 aliphatic rings. The molecule has 19 heteroatoms. The first kappa shape index (κ1) is 83.7. The first-order chi connectivity index (χ1) is 44.8. The molecule has 0 aromatic heterocycles. The number of amides is 1. The fourth-order valence-corrected chi connectivity index (χ4v) is 12.1. The van der Waals surface area contributed by atoms with E-state index in [2.05, 4.69) is 67.8 Å². The Bertz CT molecular complexity index is 1900. The third-order valence-corrected chi connectivity index (χ3v) is 18.0. The van der Waals surface area contributed by atoms with E-state index in [9.17, 15) is 61.0 Å². The summed E-state index contributed by atoms with van der Waals surface area (Å²) in [5, 5.41) is 121. The molecular weight excluding hydrogens is 1180 g/mol. The van der Waals surface area contributed by atoms with Crippen LogP contribution in [0.1, 0.15) is 264 Å². The molecule has 17 unspecified atom stereocenters. The zero-order valence-electron chi connectivity index (χ0n) is 56.8. The molecule has 12 N–H and O–H groups in total. The molecule has 0 aliphatic carbocycles. The molecule has 0 aromatic rings. The van der Waals surface area contributed by atoms with Gasteiger partial charge in [0.1, 0.15) is 73.2 Å². The summed E-state index contributed by atoms with van der Waals surface area (Å²) in [6.07, 6.45) is 40.5. The number of ether oxygens (including phenoxy) is 6. The van der Waals surface area contributed by atoms with E-state index in [0.717, 1.165) is 51.4 Å². The van der Waals surface area contributed by atoms with E-state index in [1.54, 1.807) is 6.08 Å². The smallest absolute Gasteiger partial charge is 0.220 e. The van der Waals surface area contributed by atoms with Gasteiger partial charge in [-0.2, -0.15) is 0 Å². The third kappa shape index (κ3) is 35.7.